The molecule has 2 heterocycles. The second kappa shape index (κ2) is 7.60. The van der Waals surface area contributed by atoms with Crippen LogP contribution >= 0.6 is 0 Å². The van der Waals surface area contributed by atoms with Gasteiger partial charge in [-0.3, -0.25) is 10.1 Å². The molecule has 26 heavy (non-hydrogen) atoms. The standard InChI is InChI=1S/C20H28N4O2/c1-13(2)26-12-21-19-8-9-23(16(5)25)20-7-6-17(10-18(19)20)24-11-14(3)22-15(24)4/h6-7,10-11,13,19,21H,8-9,12H2,1-5H3. The summed E-state index contributed by atoms with van der Waals surface area (Å²) < 4.78 is 7.75. The number of rotatable bonds is 5. The summed E-state index contributed by atoms with van der Waals surface area (Å²) in [6, 6.07) is 6.41. The number of imidazole rings is 1. The number of nitrogens with one attached hydrogen (secondary N) is 1. The van der Waals surface area contributed by atoms with Gasteiger partial charge in [0.05, 0.1) is 18.5 Å². The van der Waals surface area contributed by atoms with Crippen molar-refractivity contribution in [1.29, 1.82) is 0 Å². The van der Waals surface area contributed by atoms with E-state index in [-0.39, 0.29) is 18.1 Å². The van der Waals surface area contributed by atoms with Crippen LogP contribution in [-0.2, 0) is 9.53 Å². The smallest absolute Gasteiger partial charge is 0.223 e. The van der Waals surface area contributed by atoms with E-state index in [4.69, 9.17) is 4.74 Å². The van der Waals surface area contributed by atoms with Crippen LogP contribution in [0.1, 0.15) is 50.3 Å². The first kappa shape index (κ1) is 18.6. The van der Waals surface area contributed by atoms with Gasteiger partial charge in [0.2, 0.25) is 5.91 Å². The predicted molar refractivity (Wildman–Crippen MR) is 103 cm³/mol. The van der Waals surface area contributed by atoms with Crippen LogP contribution < -0.4 is 10.2 Å². The van der Waals surface area contributed by atoms with Gasteiger partial charge in [-0.25, -0.2) is 4.98 Å². The summed E-state index contributed by atoms with van der Waals surface area (Å²) in [5, 5.41) is 3.48. The molecule has 1 unspecified atom stereocenters. The molecule has 0 saturated heterocycles. The molecule has 1 atom stereocenters. The van der Waals surface area contributed by atoms with Gasteiger partial charge in [-0.05, 0) is 57.9 Å². The van der Waals surface area contributed by atoms with E-state index in [0.717, 1.165) is 34.9 Å². The minimum atomic E-state index is 0.0746. The number of ether oxygens (including phenoxy) is 1. The van der Waals surface area contributed by atoms with Gasteiger partial charge in [0, 0.05) is 37.1 Å². The van der Waals surface area contributed by atoms with E-state index >= 15 is 0 Å². The first-order valence-electron chi connectivity index (χ1n) is 9.17. The molecular formula is C20H28N4O2. The summed E-state index contributed by atoms with van der Waals surface area (Å²) in [4.78, 5) is 18.4. The van der Waals surface area contributed by atoms with E-state index in [9.17, 15) is 4.79 Å². The lowest BCUT2D eigenvalue weighted by atomic mass is 9.95. The topological polar surface area (TPSA) is 59.4 Å². The van der Waals surface area contributed by atoms with Crippen LogP contribution in [0.15, 0.2) is 24.4 Å². The summed E-state index contributed by atoms with van der Waals surface area (Å²) in [6.45, 7) is 10.9. The predicted octanol–water partition coefficient (Wildman–Crippen LogP) is 3.26. The van der Waals surface area contributed by atoms with Gasteiger partial charge >= 0.3 is 0 Å². The highest BCUT2D eigenvalue weighted by Crippen LogP contribution is 2.35. The summed E-state index contributed by atoms with van der Waals surface area (Å²) in [7, 11) is 0. The Balaban J connectivity index is 1.96. The molecule has 3 rings (SSSR count). The zero-order valence-electron chi connectivity index (χ0n) is 16.2. The van der Waals surface area contributed by atoms with E-state index in [2.05, 4.69) is 27.0 Å². The highest BCUT2D eigenvalue weighted by Gasteiger charge is 2.27. The molecule has 1 amide bonds. The number of hydrogen-bond acceptors (Lipinski definition) is 4. The van der Waals surface area contributed by atoms with Crippen molar-refractivity contribution in [1.82, 2.24) is 14.9 Å². The Labute approximate surface area is 155 Å². The maximum atomic E-state index is 12.0. The number of hydrogen-bond donors (Lipinski definition) is 1. The lowest BCUT2D eigenvalue weighted by Crippen LogP contribution is -2.39. The number of fused-ring (bicyclic) bond motifs is 1. The normalized spacial score (nSPS) is 16.8. The van der Waals surface area contributed by atoms with E-state index in [0.29, 0.717) is 13.3 Å². The molecule has 0 bridgehead atoms. The molecule has 0 fully saturated rings. The summed E-state index contributed by atoms with van der Waals surface area (Å²) in [6.07, 6.45) is 3.08. The third-order valence-electron chi connectivity index (χ3n) is 4.73. The molecule has 1 aromatic heterocycles. The van der Waals surface area contributed by atoms with Crippen molar-refractivity contribution in [2.75, 3.05) is 18.2 Å². The van der Waals surface area contributed by atoms with Gasteiger partial charge in [0.15, 0.2) is 0 Å². The van der Waals surface area contributed by atoms with Crippen LogP contribution in [0.25, 0.3) is 5.69 Å². The van der Waals surface area contributed by atoms with E-state index in [1.807, 2.05) is 44.9 Å². The van der Waals surface area contributed by atoms with Gasteiger partial charge in [-0.2, -0.15) is 0 Å². The van der Waals surface area contributed by atoms with E-state index in [1.165, 1.54) is 0 Å². The van der Waals surface area contributed by atoms with Crippen molar-refractivity contribution in [3.8, 4) is 5.69 Å². The molecule has 0 radical (unpaired) electrons. The van der Waals surface area contributed by atoms with Gasteiger partial charge in [0.25, 0.3) is 0 Å². The molecule has 0 aliphatic carbocycles. The van der Waals surface area contributed by atoms with Gasteiger partial charge < -0.3 is 14.2 Å². The molecule has 2 aromatic rings. The largest absolute Gasteiger partial charge is 0.364 e. The number of aromatic nitrogens is 2. The molecule has 6 nitrogen and oxygen atoms in total. The summed E-state index contributed by atoms with van der Waals surface area (Å²) >= 11 is 0. The lowest BCUT2D eigenvalue weighted by molar-refractivity contribution is -0.116. The number of carbonyl (C=O) groups excluding carboxylic acids is 1. The SMILES string of the molecule is CC(=O)N1CCC(NCOC(C)C)c2cc(-n3cc(C)nc3C)ccc21. The second-order valence-corrected chi connectivity index (χ2v) is 7.12. The van der Waals surface area contributed by atoms with Crippen molar-refractivity contribution in [3.63, 3.8) is 0 Å². The molecule has 1 aliphatic heterocycles. The maximum Gasteiger partial charge on any atom is 0.223 e. The molecule has 1 aromatic carbocycles. The number of amides is 1. The zero-order chi connectivity index (χ0) is 18.8. The van der Waals surface area contributed by atoms with Gasteiger partial charge in [-0.1, -0.05) is 0 Å². The van der Waals surface area contributed by atoms with Gasteiger partial charge in [-0.15, -0.1) is 0 Å². The van der Waals surface area contributed by atoms with E-state index in [1.54, 1.807) is 6.92 Å². The van der Waals surface area contributed by atoms with Crippen LogP contribution in [0.4, 0.5) is 5.69 Å². The second-order valence-electron chi connectivity index (χ2n) is 7.12. The Morgan fingerprint density at radius 1 is 1.38 bits per heavy atom. The molecule has 140 valence electrons. The highest BCUT2D eigenvalue weighted by atomic mass is 16.5. The molecule has 6 heteroatoms. The Morgan fingerprint density at radius 3 is 2.77 bits per heavy atom. The monoisotopic (exact) mass is 356 g/mol. The molecule has 0 saturated carbocycles. The minimum Gasteiger partial charge on any atom is -0.364 e. The fourth-order valence-corrected chi connectivity index (χ4v) is 3.48. The quantitative estimate of drug-likeness (QED) is 0.836. The van der Waals surface area contributed by atoms with Crippen molar-refractivity contribution >= 4 is 11.6 Å². The number of carbonyl (C=O) groups is 1. The van der Waals surface area contributed by atoms with Crippen LogP contribution in [0.5, 0.6) is 0 Å². The molecular weight excluding hydrogens is 328 g/mol. The third-order valence-corrected chi connectivity index (χ3v) is 4.73. The third kappa shape index (κ3) is 3.81. The summed E-state index contributed by atoms with van der Waals surface area (Å²) in [5.41, 5.74) is 4.15. The molecule has 1 aliphatic rings. The molecule has 0 spiro atoms. The van der Waals surface area contributed by atoms with Crippen molar-refractivity contribution in [2.24, 2.45) is 0 Å². The molecule has 1 N–H and O–H groups in total. The maximum absolute atomic E-state index is 12.0. The average Bonchev–Trinajstić information content (AvgIpc) is 2.92. The van der Waals surface area contributed by atoms with Crippen molar-refractivity contribution in [2.45, 2.75) is 53.2 Å². The van der Waals surface area contributed by atoms with Crippen molar-refractivity contribution in [3.05, 3.63) is 41.5 Å². The van der Waals surface area contributed by atoms with E-state index < -0.39 is 0 Å². The Bertz CT molecular complexity index is 797. The minimum absolute atomic E-state index is 0.0746. The Hall–Kier alpha value is -2.18. The fourth-order valence-electron chi connectivity index (χ4n) is 3.48. The van der Waals surface area contributed by atoms with Crippen LogP contribution in [0.2, 0.25) is 0 Å². The Kier molecular flexibility index (Phi) is 5.44. The lowest BCUT2D eigenvalue weighted by Gasteiger charge is -2.34. The van der Waals surface area contributed by atoms with Gasteiger partial charge in [0.1, 0.15) is 5.82 Å². The number of anilines is 1. The van der Waals surface area contributed by atoms with Crippen LogP contribution in [-0.4, -0.2) is 34.8 Å². The summed E-state index contributed by atoms with van der Waals surface area (Å²) in [5.74, 6) is 1.03. The first-order valence-corrected chi connectivity index (χ1v) is 9.17. The number of benzene rings is 1. The highest BCUT2D eigenvalue weighted by molar-refractivity contribution is 5.93. The average molecular weight is 356 g/mol. The number of aryl methyl sites for hydroxylation is 2. The fraction of sp³-hybridized carbons (Fsp3) is 0.500. The van der Waals surface area contributed by atoms with Crippen molar-refractivity contribution < 1.29 is 9.53 Å². The first-order chi connectivity index (χ1) is 12.4. The Morgan fingerprint density at radius 2 is 2.15 bits per heavy atom. The number of nitrogens with zero attached hydrogens (tertiary/aromatic N) is 3. The van der Waals surface area contributed by atoms with Crippen LogP contribution in [0, 0.1) is 13.8 Å². The van der Waals surface area contributed by atoms with Crippen LogP contribution in [0.3, 0.4) is 0 Å². The zero-order valence-corrected chi connectivity index (χ0v) is 16.2.